The average Bonchev–Trinajstić information content (AvgIpc) is 3.16. The molecule has 0 fully saturated rings. The number of imidazole rings is 1. The highest BCUT2D eigenvalue weighted by Crippen LogP contribution is 2.30. The molecule has 1 atom stereocenters. The number of hydrogen-bond acceptors (Lipinski definition) is 4. The Morgan fingerprint density at radius 3 is 2.56 bits per heavy atom. The third-order valence-corrected chi connectivity index (χ3v) is 5.57. The van der Waals surface area contributed by atoms with Gasteiger partial charge in [0.15, 0.2) is 11.5 Å². The second-order valence-corrected chi connectivity index (χ2v) is 7.86. The van der Waals surface area contributed by atoms with Crippen LogP contribution in [0.3, 0.4) is 0 Å². The molecule has 0 saturated carbocycles. The molecule has 0 radical (unpaired) electrons. The van der Waals surface area contributed by atoms with E-state index in [9.17, 15) is 4.79 Å². The van der Waals surface area contributed by atoms with Crippen molar-refractivity contribution in [3.63, 3.8) is 0 Å². The number of anilines is 1. The predicted molar refractivity (Wildman–Crippen MR) is 127 cm³/mol. The number of para-hydroxylation sites is 2. The number of hydrogen-bond donors (Lipinski definition) is 1. The lowest BCUT2D eigenvalue weighted by molar-refractivity contribution is -0.118. The van der Waals surface area contributed by atoms with Gasteiger partial charge in [0.05, 0.1) is 25.3 Å². The van der Waals surface area contributed by atoms with Gasteiger partial charge in [0, 0.05) is 23.2 Å². The summed E-state index contributed by atoms with van der Waals surface area (Å²) < 4.78 is 12.6. The van der Waals surface area contributed by atoms with Crippen molar-refractivity contribution in [3.05, 3.63) is 83.1 Å². The number of carbonyl (C=O) groups is 1. The van der Waals surface area contributed by atoms with Crippen molar-refractivity contribution in [2.45, 2.75) is 19.4 Å². The molecule has 164 valence electrons. The number of amides is 1. The molecule has 0 aliphatic carbocycles. The molecule has 1 unspecified atom stereocenters. The van der Waals surface area contributed by atoms with Gasteiger partial charge in [0.25, 0.3) is 0 Å². The second kappa shape index (κ2) is 9.32. The van der Waals surface area contributed by atoms with Gasteiger partial charge in [-0.05, 0) is 48.9 Å². The van der Waals surface area contributed by atoms with Gasteiger partial charge >= 0.3 is 0 Å². The van der Waals surface area contributed by atoms with E-state index in [0.29, 0.717) is 28.6 Å². The Morgan fingerprint density at radius 1 is 1.03 bits per heavy atom. The lowest BCUT2D eigenvalue weighted by Gasteiger charge is -2.18. The predicted octanol–water partition coefficient (Wildman–Crippen LogP) is 5.50. The highest BCUT2D eigenvalue weighted by molar-refractivity contribution is 6.30. The zero-order valence-corrected chi connectivity index (χ0v) is 18.9. The normalized spacial score (nSPS) is 11.9. The molecule has 4 aromatic rings. The van der Waals surface area contributed by atoms with Gasteiger partial charge < -0.3 is 19.4 Å². The molecule has 7 heteroatoms. The molecule has 0 spiro atoms. The van der Waals surface area contributed by atoms with Gasteiger partial charge in [-0.3, -0.25) is 4.79 Å². The first-order chi connectivity index (χ1) is 15.5. The fraction of sp³-hybridized carbons (Fsp3) is 0.200. The fourth-order valence-electron chi connectivity index (χ4n) is 3.76. The van der Waals surface area contributed by atoms with E-state index < -0.39 is 6.04 Å². The zero-order chi connectivity index (χ0) is 22.7. The molecule has 0 bridgehead atoms. The van der Waals surface area contributed by atoms with Crippen LogP contribution in [-0.4, -0.2) is 29.7 Å². The number of benzene rings is 3. The van der Waals surface area contributed by atoms with Crippen LogP contribution in [0.15, 0.2) is 66.7 Å². The van der Waals surface area contributed by atoms with Crippen molar-refractivity contribution in [1.29, 1.82) is 0 Å². The maximum atomic E-state index is 13.2. The molecule has 1 aromatic heterocycles. The Hall–Kier alpha value is -3.51. The highest BCUT2D eigenvalue weighted by atomic mass is 35.5. The molecular formula is C25H24ClN3O3. The van der Waals surface area contributed by atoms with Crippen molar-refractivity contribution in [3.8, 4) is 11.5 Å². The number of ether oxygens (including phenoxy) is 2. The summed E-state index contributed by atoms with van der Waals surface area (Å²) in [6, 6.07) is 20.3. The Labute approximate surface area is 191 Å². The summed E-state index contributed by atoms with van der Waals surface area (Å²) in [4.78, 5) is 18.0. The molecule has 1 N–H and O–H groups in total. The summed E-state index contributed by atoms with van der Waals surface area (Å²) in [5.74, 6) is 1.78. The number of nitrogens with zero attached hydrogens (tertiary/aromatic N) is 2. The average molecular weight is 450 g/mol. The van der Waals surface area contributed by atoms with Gasteiger partial charge in [0.2, 0.25) is 5.91 Å². The molecule has 32 heavy (non-hydrogen) atoms. The zero-order valence-electron chi connectivity index (χ0n) is 18.1. The lowest BCUT2D eigenvalue weighted by Crippen LogP contribution is -2.25. The maximum Gasteiger partial charge on any atom is 0.247 e. The van der Waals surface area contributed by atoms with Crippen LogP contribution >= 0.6 is 11.6 Å². The fourth-order valence-corrected chi connectivity index (χ4v) is 3.97. The van der Waals surface area contributed by atoms with Crippen LogP contribution in [0.25, 0.3) is 11.0 Å². The first kappa shape index (κ1) is 21.7. The van der Waals surface area contributed by atoms with E-state index in [1.165, 1.54) is 0 Å². The summed E-state index contributed by atoms with van der Waals surface area (Å²) >= 11 is 6.17. The van der Waals surface area contributed by atoms with Crippen LogP contribution < -0.4 is 14.8 Å². The lowest BCUT2D eigenvalue weighted by atomic mass is 10.1. The van der Waals surface area contributed by atoms with E-state index in [1.807, 2.05) is 60.0 Å². The second-order valence-electron chi connectivity index (χ2n) is 7.43. The molecule has 0 saturated heterocycles. The van der Waals surface area contributed by atoms with Crippen LogP contribution in [-0.2, 0) is 11.2 Å². The van der Waals surface area contributed by atoms with Crippen LogP contribution in [0, 0.1) is 0 Å². The Kier molecular flexibility index (Phi) is 6.32. The molecule has 1 amide bonds. The van der Waals surface area contributed by atoms with E-state index in [0.717, 1.165) is 22.4 Å². The molecular weight excluding hydrogens is 426 g/mol. The topological polar surface area (TPSA) is 65.4 Å². The van der Waals surface area contributed by atoms with Crippen LogP contribution in [0.1, 0.15) is 24.4 Å². The molecule has 3 aromatic carbocycles. The van der Waals surface area contributed by atoms with E-state index in [1.54, 1.807) is 32.4 Å². The molecule has 0 aliphatic heterocycles. The minimum Gasteiger partial charge on any atom is -0.493 e. The van der Waals surface area contributed by atoms with E-state index in [2.05, 4.69) is 5.32 Å². The first-order valence-electron chi connectivity index (χ1n) is 10.2. The minimum absolute atomic E-state index is 0.160. The van der Waals surface area contributed by atoms with Crippen molar-refractivity contribution < 1.29 is 14.3 Å². The number of nitrogens with one attached hydrogen (secondary N) is 1. The number of aromatic nitrogens is 2. The van der Waals surface area contributed by atoms with Gasteiger partial charge in [0.1, 0.15) is 11.9 Å². The van der Waals surface area contributed by atoms with Crippen molar-refractivity contribution in [1.82, 2.24) is 9.55 Å². The van der Waals surface area contributed by atoms with Crippen LogP contribution in [0.4, 0.5) is 5.69 Å². The largest absolute Gasteiger partial charge is 0.493 e. The number of methoxy groups -OCH3 is 2. The summed E-state index contributed by atoms with van der Waals surface area (Å²) in [7, 11) is 3.13. The Balaban J connectivity index is 1.66. The summed E-state index contributed by atoms with van der Waals surface area (Å²) in [5, 5.41) is 3.65. The molecule has 0 aliphatic rings. The SMILES string of the molecule is COc1ccc(NC(=O)C(C)n2c(Cc3cccc(Cl)c3)nc3ccccc32)cc1OC. The summed E-state index contributed by atoms with van der Waals surface area (Å²) in [6.45, 7) is 1.87. The monoisotopic (exact) mass is 449 g/mol. The van der Waals surface area contributed by atoms with Crippen molar-refractivity contribution in [2.75, 3.05) is 19.5 Å². The highest BCUT2D eigenvalue weighted by Gasteiger charge is 2.22. The van der Waals surface area contributed by atoms with Gasteiger partial charge in [-0.25, -0.2) is 4.98 Å². The Morgan fingerprint density at radius 2 is 1.81 bits per heavy atom. The molecule has 6 nitrogen and oxygen atoms in total. The van der Waals surface area contributed by atoms with Crippen LogP contribution in [0.5, 0.6) is 11.5 Å². The first-order valence-corrected chi connectivity index (χ1v) is 10.6. The quantitative estimate of drug-likeness (QED) is 0.404. The Bertz CT molecular complexity index is 1270. The van der Waals surface area contributed by atoms with Crippen LogP contribution in [0.2, 0.25) is 5.02 Å². The number of rotatable bonds is 7. The standard InChI is InChI=1S/C25H24ClN3O3/c1-16(25(30)27-19-11-12-22(31-2)23(15-19)32-3)29-21-10-5-4-9-20(21)28-24(29)14-17-7-6-8-18(26)13-17/h4-13,15-16H,14H2,1-3H3,(H,27,30). The van der Waals surface area contributed by atoms with Gasteiger partial charge in [-0.15, -0.1) is 0 Å². The van der Waals surface area contributed by atoms with Crippen molar-refractivity contribution >= 4 is 34.2 Å². The minimum atomic E-state index is -0.496. The number of carbonyl (C=O) groups excluding carboxylic acids is 1. The smallest absolute Gasteiger partial charge is 0.247 e. The third kappa shape index (κ3) is 4.41. The van der Waals surface area contributed by atoms with Gasteiger partial charge in [-0.2, -0.15) is 0 Å². The molecule has 1 heterocycles. The summed E-state index contributed by atoms with van der Waals surface area (Å²) in [6.07, 6.45) is 0.559. The van der Waals surface area contributed by atoms with Gasteiger partial charge in [-0.1, -0.05) is 35.9 Å². The molecule has 4 rings (SSSR count). The van der Waals surface area contributed by atoms with E-state index >= 15 is 0 Å². The summed E-state index contributed by atoms with van der Waals surface area (Å²) in [5.41, 5.74) is 3.40. The van der Waals surface area contributed by atoms with E-state index in [-0.39, 0.29) is 5.91 Å². The van der Waals surface area contributed by atoms with Crippen molar-refractivity contribution in [2.24, 2.45) is 0 Å². The number of fused-ring (bicyclic) bond motifs is 1. The third-order valence-electron chi connectivity index (χ3n) is 5.34. The van der Waals surface area contributed by atoms with E-state index in [4.69, 9.17) is 26.1 Å². The number of halogens is 1. The maximum absolute atomic E-state index is 13.2.